The summed E-state index contributed by atoms with van der Waals surface area (Å²) >= 11 is 6.21. The van der Waals surface area contributed by atoms with Crippen molar-refractivity contribution >= 4 is 23.2 Å². The second-order valence-electron chi connectivity index (χ2n) is 4.87. The van der Waals surface area contributed by atoms with Crippen molar-refractivity contribution in [2.24, 2.45) is 11.7 Å². The summed E-state index contributed by atoms with van der Waals surface area (Å²) in [5, 5.41) is 9.76. The van der Waals surface area contributed by atoms with Crippen molar-refractivity contribution in [2.75, 3.05) is 18.0 Å². The predicted molar refractivity (Wildman–Crippen MR) is 74.9 cm³/mol. The number of primary amides is 1. The zero-order chi connectivity index (χ0) is 13.8. The molecule has 19 heavy (non-hydrogen) atoms. The molecule has 0 saturated carbocycles. The minimum atomic E-state index is -0.272. The van der Waals surface area contributed by atoms with E-state index in [1.54, 1.807) is 18.2 Å². The molecular weight excluding hydrogens is 262 g/mol. The zero-order valence-corrected chi connectivity index (χ0v) is 11.4. The first-order chi connectivity index (χ1) is 9.11. The van der Waals surface area contributed by atoms with Crippen LogP contribution in [0.5, 0.6) is 0 Å². The molecule has 2 N–H and O–H groups in total. The van der Waals surface area contributed by atoms with Gasteiger partial charge in [-0.15, -0.1) is 0 Å². The van der Waals surface area contributed by atoms with Crippen LogP contribution >= 0.6 is 11.6 Å². The number of anilines is 1. The van der Waals surface area contributed by atoms with Crippen LogP contribution in [0.1, 0.15) is 24.8 Å². The topological polar surface area (TPSA) is 70.1 Å². The number of hydrogen-bond acceptors (Lipinski definition) is 3. The van der Waals surface area contributed by atoms with E-state index in [4.69, 9.17) is 17.3 Å². The molecule has 0 radical (unpaired) electrons. The summed E-state index contributed by atoms with van der Waals surface area (Å²) in [5.41, 5.74) is 6.61. The number of carbonyl (C=O) groups is 1. The Hall–Kier alpha value is -1.73. The number of nitrogens with two attached hydrogens (primary N) is 1. The van der Waals surface area contributed by atoms with E-state index in [0.717, 1.165) is 31.6 Å². The Kier molecular flexibility index (Phi) is 4.28. The van der Waals surface area contributed by atoms with Gasteiger partial charge in [0.1, 0.15) is 6.07 Å². The van der Waals surface area contributed by atoms with Crippen molar-refractivity contribution in [2.45, 2.75) is 19.3 Å². The fourth-order valence-electron chi connectivity index (χ4n) is 2.65. The fraction of sp³-hybridized carbons (Fsp3) is 0.429. The van der Waals surface area contributed by atoms with Gasteiger partial charge in [0, 0.05) is 19.5 Å². The van der Waals surface area contributed by atoms with Crippen LogP contribution in [0.15, 0.2) is 18.2 Å². The smallest absolute Gasteiger partial charge is 0.217 e. The Balaban J connectivity index is 2.22. The number of benzene rings is 1. The summed E-state index contributed by atoms with van der Waals surface area (Å²) in [6.07, 6.45) is 2.36. The van der Waals surface area contributed by atoms with Crippen LogP contribution < -0.4 is 10.6 Å². The molecule has 1 heterocycles. The molecule has 0 aliphatic carbocycles. The Morgan fingerprint density at radius 3 is 3.05 bits per heavy atom. The SMILES string of the molecule is N#Cc1cccc(Cl)c1N1CCCC(CC(N)=O)C1. The molecule has 0 bridgehead atoms. The third-order valence-corrected chi connectivity index (χ3v) is 3.74. The molecule has 1 atom stereocenters. The number of piperidine rings is 1. The molecule has 1 saturated heterocycles. The second kappa shape index (κ2) is 5.94. The maximum Gasteiger partial charge on any atom is 0.217 e. The maximum absolute atomic E-state index is 11.0. The number of rotatable bonds is 3. The monoisotopic (exact) mass is 277 g/mol. The van der Waals surface area contributed by atoms with Crippen molar-refractivity contribution in [1.29, 1.82) is 5.26 Å². The average molecular weight is 278 g/mol. The zero-order valence-electron chi connectivity index (χ0n) is 10.6. The van der Waals surface area contributed by atoms with Gasteiger partial charge in [-0.05, 0) is 30.9 Å². The number of para-hydroxylation sites is 1. The third-order valence-electron chi connectivity index (χ3n) is 3.43. The van der Waals surface area contributed by atoms with E-state index in [-0.39, 0.29) is 11.8 Å². The Morgan fingerprint density at radius 1 is 1.58 bits per heavy atom. The lowest BCUT2D eigenvalue weighted by Crippen LogP contribution is -2.37. The van der Waals surface area contributed by atoms with Crippen molar-refractivity contribution in [1.82, 2.24) is 0 Å². The first-order valence-corrected chi connectivity index (χ1v) is 6.71. The van der Waals surface area contributed by atoms with E-state index in [9.17, 15) is 10.1 Å². The average Bonchev–Trinajstić information content (AvgIpc) is 2.37. The van der Waals surface area contributed by atoms with Gasteiger partial charge in [0.2, 0.25) is 5.91 Å². The maximum atomic E-state index is 11.0. The van der Waals surface area contributed by atoms with E-state index in [1.165, 1.54) is 0 Å². The van der Waals surface area contributed by atoms with Crippen molar-refractivity contribution in [3.63, 3.8) is 0 Å². The molecule has 1 amide bonds. The predicted octanol–water partition coefficient (Wildman–Crippen LogP) is 2.30. The number of carbonyl (C=O) groups excluding carboxylic acids is 1. The molecule has 1 aromatic carbocycles. The quantitative estimate of drug-likeness (QED) is 0.922. The first kappa shape index (κ1) is 13.7. The second-order valence-corrected chi connectivity index (χ2v) is 5.28. The molecule has 1 aliphatic heterocycles. The number of amides is 1. The Bertz CT molecular complexity index is 524. The standard InChI is InChI=1S/C14H16ClN3O/c15-12-5-1-4-11(8-16)14(12)18-6-2-3-10(9-18)7-13(17)19/h1,4-5,10H,2-3,6-7,9H2,(H2,17,19). The molecular formula is C14H16ClN3O. The molecule has 0 spiro atoms. The summed E-state index contributed by atoms with van der Waals surface area (Å²) in [5.74, 6) is -0.0272. The van der Waals surface area contributed by atoms with Crippen LogP contribution in [-0.4, -0.2) is 19.0 Å². The summed E-state index contributed by atoms with van der Waals surface area (Å²) < 4.78 is 0. The van der Waals surface area contributed by atoms with E-state index >= 15 is 0 Å². The molecule has 1 aliphatic rings. The van der Waals surface area contributed by atoms with Crippen molar-refractivity contribution in [3.05, 3.63) is 28.8 Å². The van der Waals surface area contributed by atoms with Gasteiger partial charge in [-0.25, -0.2) is 0 Å². The molecule has 5 heteroatoms. The van der Waals surface area contributed by atoms with E-state index < -0.39 is 0 Å². The third kappa shape index (κ3) is 3.18. The number of nitrogens with zero attached hydrogens (tertiary/aromatic N) is 2. The highest BCUT2D eigenvalue weighted by Gasteiger charge is 2.24. The highest BCUT2D eigenvalue weighted by Crippen LogP contribution is 2.33. The highest BCUT2D eigenvalue weighted by molar-refractivity contribution is 6.33. The van der Waals surface area contributed by atoms with E-state index in [1.807, 2.05) is 0 Å². The summed E-state index contributed by atoms with van der Waals surface area (Å²) in [4.78, 5) is 13.1. The van der Waals surface area contributed by atoms with Gasteiger partial charge in [0.25, 0.3) is 0 Å². The number of nitriles is 1. The van der Waals surface area contributed by atoms with Crippen molar-refractivity contribution in [3.8, 4) is 6.07 Å². The van der Waals surface area contributed by atoms with Gasteiger partial charge in [-0.2, -0.15) is 5.26 Å². The van der Waals surface area contributed by atoms with Gasteiger partial charge < -0.3 is 10.6 Å². The van der Waals surface area contributed by atoms with Gasteiger partial charge >= 0.3 is 0 Å². The van der Waals surface area contributed by atoms with Crippen LogP contribution in [0.25, 0.3) is 0 Å². The van der Waals surface area contributed by atoms with Crippen LogP contribution in [0.4, 0.5) is 5.69 Å². The van der Waals surface area contributed by atoms with Gasteiger partial charge in [0.15, 0.2) is 0 Å². The number of hydrogen-bond donors (Lipinski definition) is 1. The minimum absolute atomic E-state index is 0.245. The fourth-order valence-corrected chi connectivity index (χ4v) is 2.94. The van der Waals surface area contributed by atoms with Crippen LogP contribution in [0.3, 0.4) is 0 Å². The van der Waals surface area contributed by atoms with Gasteiger partial charge in [-0.1, -0.05) is 17.7 Å². The van der Waals surface area contributed by atoms with Gasteiger partial charge in [-0.3, -0.25) is 4.79 Å². The van der Waals surface area contributed by atoms with Crippen LogP contribution in [0.2, 0.25) is 5.02 Å². The van der Waals surface area contributed by atoms with Gasteiger partial charge in [0.05, 0.1) is 16.3 Å². The molecule has 4 nitrogen and oxygen atoms in total. The Morgan fingerprint density at radius 2 is 2.37 bits per heavy atom. The lowest BCUT2D eigenvalue weighted by atomic mass is 9.93. The lowest BCUT2D eigenvalue weighted by Gasteiger charge is -2.35. The molecule has 0 aromatic heterocycles. The Labute approximate surface area is 117 Å². The molecule has 1 aromatic rings. The number of halogens is 1. The first-order valence-electron chi connectivity index (χ1n) is 6.33. The van der Waals surface area contributed by atoms with E-state index in [0.29, 0.717) is 17.0 Å². The molecule has 1 fully saturated rings. The van der Waals surface area contributed by atoms with Crippen molar-refractivity contribution < 1.29 is 4.79 Å². The van der Waals surface area contributed by atoms with Crippen LogP contribution in [0, 0.1) is 17.2 Å². The van der Waals surface area contributed by atoms with E-state index in [2.05, 4.69) is 11.0 Å². The summed E-state index contributed by atoms with van der Waals surface area (Å²) in [6.45, 7) is 1.58. The molecule has 100 valence electrons. The highest BCUT2D eigenvalue weighted by atomic mass is 35.5. The largest absolute Gasteiger partial charge is 0.370 e. The lowest BCUT2D eigenvalue weighted by molar-refractivity contribution is -0.118. The summed E-state index contributed by atoms with van der Waals surface area (Å²) in [6, 6.07) is 7.49. The summed E-state index contributed by atoms with van der Waals surface area (Å²) in [7, 11) is 0. The molecule has 2 rings (SSSR count). The minimum Gasteiger partial charge on any atom is -0.370 e. The molecule has 1 unspecified atom stereocenters. The normalized spacial score (nSPS) is 18.9. The van der Waals surface area contributed by atoms with Crippen LogP contribution in [-0.2, 0) is 4.79 Å².